The van der Waals surface area contributed by atoms with E-state index >= 15 is 0 Å². The predicted molar refractivity (Wildman–Crippen MR) is 74.0 cm³/mol. The van der Waals surface area contributed by atoms with Gasteiger partial charge in [-0.05, 0) is 25.0 Å². The van der Waals surface area contributed by atoms with Crippen LogP contribution in [0, 0.1) is 5.92 Å². The number of benzene rings is 1. The molecule has 1 saturated carbocycles. The quantitative estimate of drug-likeness (QED) is 0.785. The molecule has 98 valence electrons. The van der Waals surface area contributed by atoms with Gasteiger partial charge < -0.3 is 4.57 Å². The van der Waals surface area contributed by atoms with E-state index in [1.165, 1.54) is 12.8 Å². The van der Waals surface area contributed by atoms with Gasteiger partial charge in [-0.2, -0.15) is 0 Å². The van der Waals surface area contributed by atoms with Crippen molar-refractivity contribution in [2.24, 2.45) is 5.92 Å². The number of nitrogens with zero attached hydrogens (tertiary/aromatic N) is 3. The molecule has 1 fully saturated rings. The summed E-state index contributed by atoms with van der Waals surface area (Å²) in [4.78, 5) is 19.1. The van der Waals surface area contributed by atoms with E-state index in [0.29, 0.717) is 0 Å². The van der Waals surface area contributed by atoms with Crippen molar-refractivity contribution in [2.45, 2.75) is 32.2 Å². The van der Waals surface area contributed by atoms with Crippen molar-refractivity contribution in [1.82, 2.24) is 9.55 Å². The van der Waals surface area contributed by atoms with Crippen molar-refractivity contribution in [2.75, 3.05) is 11.4 Å². The van der Waals surface area contributed by atoms with Crippen LogP contribution >= 0.6 is 0 Å². The summed E-state index contributed by atoms with van der Waals surface area (Å²) in [6.45, 7) is 1.65. The van der Waals surface area contributed by atoms with Gasteiger partial charge in [0.2, 0.25) is 11.9 Å². The molecule has 0 spiro atoms. The van der Waals surface area contributed by atoms with E-state index in [1.54, 1.807) is 0 Å². The first-order chi connectivity index (χ1) is 9.34. The molecular formula is C15H17N3O. The Bertz CT molecular complexity index is 640. The molecule has 4 heteroatoms. The Labute approximate surface area is 112 Å². The molecule has 0 bridgehead atoms. The van der Waals surface area contributed by atoms with E-state index in [-0.39, 0.29) is 11.8 Å². The molecule has 4 rings (SSSR count). The third-order valence-corrected chi connectivity index (χ3v) is 4.39. The van der Waals surface area contributed by atoms with E-state index in [1.807, 2.05) is 23.1 Å². The number of imidazole rings is 1. The van der Waals surface area contributed by atoms with Crippen molar-refractivity contribution in [3.63, 3.8) is 0 Å². The maximum Gasteiger partial charge on any atom is 0.232 e. The van der Waals surface area contributed by atoms with Crippen LogP contribution in [-0.4, -0.2) is 22.0 Å². The second-order valence-corrected chi connectivity index (χ2v) is 5.52. The minimum Gasteiger partial charge on any atom is -0.308 e. The molecule has 4 nitrogen and oxygen atoms in total. The zero-order valence-electron chi connectivity index (χ0n) is 10.9. The lowest BCUT2D eigenvalue weighted by atomic mass is 10.1. The summed E-state index contributed by atoms with van der Waals surface area (Å²) in [7, 11) is 0. The van der Waals surface area contributed by atoms with E-state index in [0.717, 1.165) is 42.9 Å². The van der Waals surface area contributed by atoms with Crippen molar-refractivity contribution in [3.05, 3.63) is 24.3 Å². The third-order valence-electron chi connectivity index (χ3n) is 4.39. The number of rotatable bonds is 1. The fourth-order valence-corrected chi connectivity index (χ4v) is 3.39. The van der Waals surface area contributed by atoms with Gasteiger partial charge in [0.15, 0.2) is 0 Å². The zero-order valence-corrected chi connectivity index (χ0v) is 10.9. The number of anilines is 1. The molecular weight excluding hydrogens is 238 g/mol. The monoisotopic (exact) mass is 255 g/mol. The average Bonchev–Trinajstić information content (AvgIpc) is 3.14. The number of hydrogen-bond acceptors (Lipinski definition) is 2. The first-order valence-electron chi connectivity index (χ1n) is 7.11. The summed E-state index contributed by atoms with van der Waals surface area (Å²) in [5.74, 6) is 1.36. The van der Waals surface area contributed by atoms with Gasteiger partial charge in [0.05, 0.1) is 11.0 Å². The molecule has 1 aromatic heterocycles. The fraction of sp³-hybridized carbons (Fsp3) is 0.467. The van der Waals surface area contributed by atoms with Gasteiger partial charge in [-0.15, -0.1) is 0 Å². The summed E-state index contributed by atoms with van der Waals surface area (Å²) in [6.07, 6.45) is 4.49. The second-order valence-electron chi connectivity index (χ2n) is 5.52. The Kier molecular flexibility index (Phi) is 2.37. The molecule has 1 amide bonds. The summed E-state index contributed by atoms with van der Waals surface area (Å²) in [5.41, 5.74) is 2.13. The highest BCUT2D eigenvalue weighted by molar-refractivity contribution is 5.96. The van der Waals surface area contributed by atoms with Crippen molar-refractivity contribution >= 4 is 22.9 Å². The van der Waals surface area contributed by atoms with Gasteiger partial charge in [0, 0.05) is 19.0 Å². The standard InChI is InChI=1S/C15H17N3O/c19-14(11-5-1-2-6-11)18-10-9-17-13-8-4-3-7-12(13)16-15(17)18/h3-4,7-8,11H,1-2,5-6,9-10H2. The van der Waals surface area contributed by atoms with Gasteiger partial charge in [-0.1, -0.05) is 25.0 Å². The van der Waals surface area contributed by atoms with Crippen LogP contribution < -0.4 is 4.90 Å². The van der Waals surface area contributed by atoms with E-state index in [2.05, 4.69) is 15.6 Å². The normalized spacial score (nSPS) is 19.3. The predicted octanol–water partition coefficient (Wildman–Crippen LogP) is 2.57. The lowest BCUT2D eigenvalue weighted by Gasteiger charge is -2.18. The summed E-state index contributed by atoms with van der Waals surface area (Å²) < 4.78 is 2.17. The highest BCUT2D eigenvalue weighted by Crippen LogP contribution is 2.32. The van der Waals surface area contributed by atoms with Gasteiger partial charge in [-0.3, -0.25) is 9.69 Å². The lowest BCUT2D eigenvalue weighted by molar-refractivity contribution is -0.122. The molecule has 0 unspecified atom stereocenters. The molecule has 1 aliphatic carbocycles. The second kappa shape index (κ2) is 4.08. The minimum absolute atomic E-state index is 0.228. The average molecular weight is 255 g/mol. The molecule has 0 N–H and O–H groups in total. The van der Waals surface area contributed by atoms with E-state index < -0.39 is 0 Å². The van der Waals surface area contributed by atoms with Gasteiger partial charge in [0.1, 0.15) is 0 Å². The topological polar surface area (TPSA) is 38.1 Å². The molecule has 19 heavy (non-hydrogen) atoms. The van der Waals surface area contributed by atoms with Crippen LogP contribution in [0.5, 0.6) is 0 Å². The Morgan fingerprint density at radius 2 is 1.95 bits per heavy atom. The number of hydrogen-bond donors (Lipinski definition) is 0. The molecule has 0 saturated heterocycles. The third kappa shape index (κ3) is 1.59. The zero-order chi connectivity index (χ0) is 12.8. The lowest BCUT2D eigenvalue weighted by Crippen LogP contribution is -2.34. The maximum atomic E-state index is 12.6. The number of carbonyl (C=O) groups is 1. The first-order valence-corrected chi connectivity index (χ1v) is 7.11. The number of carbonyl (C=O) groups excluding carboxylic acids is 1. The van der Waals surface area contributed by atoms with Crippen LogP contribution in [0.1, 0.15) is 25.7 Å². The smallest absolute Gasteiger partial charge is 0.232 e. The Balaban J connectivity index is 1.73. The summed E-state index contributed by atoms with van der Waals surface area (Å²) in [5, 5.41) is 0. The Hall–Kier alpha value is -1.84. The molecule has 2 heterocycles. The van der Waals surface area contributed by atoms with E-state index in [4.69, 9.17) is 0 Å². The summed E-state index contributed by atoms with van der Waals surface area (Å²) >= 11 is 0. The van der Waals surface area contributed by atoms with Crippen LogP contribution in [0.2, 0.25) is 0 Å². The maximum absolute atomic E-state index is 12.6. The highest BCUT2D eigenvalue weighted by Gasteiger charge is 2.33. The van der Waals surface area contributed by atoms with Crippen LogP contribution in [-0.2, 0) is 11.3 Å². The number of para-hydroxylation sites is 2. The van der Waals surface area contributed by atoms with Crippen molar-refractivity contribution in [3.8, 4) is 0 Å². The van der Waals surface area contributed by atoms with Crippen LogP contribution in [0.3, 0.4) is 0 Å². The summed E-state index contributed by atoms with van der Waals surface area (Å²) in [6, 6.07) is 8.11. The van der Waals surface area contributed by atoms with Crippen LogP contribution in [0.4, 0.5) is 5.95 Å². The Morgan fingerprint density at radius 3 is 2.79 bits per heavy atom. The first kappa shape index (κ1) is 11.0. The van der Waals surface area contributed by atoms with Crippen molar-refractivity contribution in [1.29, 1.82) is 0 Å². The van der Waals surface area contributed by atoms with E-state index in [9.17, 15) is 4.79 Å². The Morgan fingerprint density at radius 1 is 1.16 bits per heavy atom. The highest BCUT2D eigenvalue weighted by atomic mass is 16.2. The molecule has 2 aliphatic rings. The fourth-order valence-electron chi connectivity index (χ4n) is 3.39. The molecule has 1 aliphatic heterocycles. The van der Waals surface area contributed by atoms with Crippen LogP contribution in [0.25, 0.3) is 11.0 Å². The van der Waals surface area contributed by atoms with Gasteiger partial charge >= 0.3 is 0 Å². The largest absolute Gasteiger partial charge is 0.308 e. The van der Waals surface area contributed by atoms with Gasteiger partial charge in [0.25, 0.3) is 0 Å². The van der Waals surface area contributed by atoms with Gasteiger partial charge in [-0.25, -0.2) is 4.98 Å². The molecule has 2 aromatic rings. The molecule has 0 radical (unpaired) electrons. The molecule has 1 aromatic carbocycles. The number of aromatic nitrogens is 2. The molecule has 0 atom stereocenters. The minimum atomic E-state index is 0.228. The number of fused-ring (bicyclic) bond motifs is 3. The van der Waals surface area contributed by atoms with Crippen LogP contribution in [0.15, 0.2) is 24.3 Å². The van der Waals surface area contributed by atoms with Crippen molar-refractivity contribution < 1.29 is 4.79 Å². The SMILES string of the molecule is O=C(C1CCCC1)N1CCn2c1nc1ccccc12. The number of amides is 1.